The highest BCUT2D eigenvalue weighted by Crippen LogP contribution is 2.21. The van der Waals surface area contributed by atoms with Crippen molar-refractivity contribution in [2.45, 2.75) is 24.5 Å². The largest absolute Gasteiger partial charge is 0.390 e. The monoisotopic (exact) mass is 337 g/mol. The summed E-state index contributed by atoms with van der Waals surface area (Å²) < 4.78 is 5.49. The van der Waals surface area contributed by atoms with Crippen molar-refractivity contribution in [1.29, 1.82) is 0 Å². The standard InChI is InChI=1S/C16H19NO3S2/c1-12(18)17-13-4-6-15(7-5-13)22-11-14(19)9-20-10-16-3-2-8-21-16/h2-8,14,19H,9-11H2,1H3,(H,17,18)/t14-/m0/s1. The smallest absolute Gasteiger partial charge is 0.221 e. The van der Waals surface area contributed by atoms with Gasteiger partial charge in [-0.3, -0.25) is 4.79 Å². The van der Waals surface area contributed by atoms with E-state index in [9.17, 15) is 9.90 Å². The summed E-state index contributed by atoms with van der Waals surface area (Å²) in [6, 6.07) is 11.6. The maximum atomic E-state index is 10.9. The van der Waals surface area contributed by atoms with Crippen molar-refractivity contribution < 1.29 is 14.6 Å². The van der Waals surface area contributed by atoms with Crippen LogP contribution < -0.4 is 5.32 Å². The number of anilines is 1. The molecule has 1 heterocycles. The van der Waals surface area contributed by atoms with Crippen LogP contribution in [0.4, 0.5) is 5.69 Å². The zero-order valence-corrected chi connectivity index (χ0v) is 14.0. The van der Waals surface area contributed by atoms with E-state index in [0.717, 1.165) is 15.5 Å². The van der Waals surface area contributed by atoms with Gasteiger partial charge in [0.1, 0.15) is 0 Å². The van der Waals surface area contributed by atoms with Crippen LogP contribution in [0.2, 0.25) is 0 Å². The van der Waals surface area contributed by atoms with Gasteiger partial charge in [0, 0.05) is 28.1 Å². The predicted molar refractivity (Wildman–Crippen MR) is 91.5 cm³/mol. The van der Waals surface area contributed by atoms with E-state index in [2.05, 4.69) is 5.32 Å². The SMILES string of the molecule is CC(=O)Nc1ccc(SC[C@@H](O)COCc2cccs2)cc1. The van der Waals surface area contributed by atoms with Crippen molar-refractivity contribution in [1.82, 2.24) is 0 Å². The van der Waals surface area contributed by atoms with E-state index in [-0.39, 0.29) is 5.91 Å². The zero-order valence-electron chi connectivity index (χ0n) is 12.3. The van der Waals surface area contributed by atoms with E-state index in [0.29, 0.717) is 19.0 Å². The van der Waals surface area contributed by atoms with Gasteiger partial charge < -0.3 is 15.2 Å². The number of amides is 1. The van der Waals surface area contributed by atoms with Crippen LogP contribution in [0, 0.1) is 0 Å². The van der Waals surface area contributed by atoms with E-state index in [1.54, 1.807) is 23.1 Å². The van der Waals surface area contributed by atoms with E-state index in [4.69, 9.17) is 4.74 Å². The number of carbonyl (C=O) groups excluding carboxylic acids is 1. The maximum absolute atomic E-state index is 10.9. The molecule has 0 spiro atoms. The molecule has 1 aromatic heterocycles. The van der Waals surface area contributed by atoms with E-state index in [1.165, 1.54) is 6.92 Å². The molecule has 2 N–H and O–H groups in total. The van der Waals surface area contributed by atoms with Gasteiger partial charge in [0.15, 0.2) is 0 Å². The molecule has 0 saturated carbocycles. The van der Waals surface area contributed by atoms with Crippen LogP contribution in [0.5, 0.6) is 0 Å². The normalized spacial score (nSPS) is 12.1. The minimum absolute atomic E-state index is 0.0845. The third-order valence-corrected chi connectivity index (χ3v) is 4.76. The molecule has 1 amide bonds. The van der Waals surface area contributed by atoms with Crippen LogP contribution in [-0.4, -0.2) is 29.5 Å². The molecule has 0 saturated heterocycles. The van der Waals surface area contributed by atoms with Crippen molar-refractivity contribution >= 4 is 34.7 Å². The quantitative estimate of drug-likeness (QED) is 0.725. The number of hydrogen-bond acceptors (Lipinski definition) is 5. The molecule has 1 atom stereocenters. The van der Waals surface area contributed by atoms with Crippen LogP contribution in [0.1, 0.15) is 11.8 Å². The number of thioether (sulfide) groups is 1. The van der Waals surface area contributed by atoms with Gasteiger partial charge in [-0.15, -0.1) is 23.1 Å². The summed E-state index contributed by atoms with van der Waals surface area (Å²) in [6.07, 6.45) is -0.500. The molecular weight excluding hydrogens is 318 g/mol. The van der Waals surface area contributed by atoms with Gasteiger partial charge in [0.2, 0.25) is 5.91 Å². The molecule has 4 nitrogen and oxygen atoms in total. The Bertz CT molecular complexity index is 570. The van der Waals surface area contributed by atoms with E-state index in [1.807, 2.05) is 41.8 Å². The summed E-state index contributed by atoms with van der Waals surface area (Å²) in [5, 5.41) is 14.6. The first-order chi connectivity index (χ1) is 10.6. The minimum atomic E-state index is -0.500. The van der Waals surface area contributed by atoms with Gasteiger partial charge in [-0.1, -0.05) is 6.07 Å². The fourth-order valence-electron chi connectivity index (χ4n) is 1.77. The number of nitrogens with one attached hydrogen (secondary N) is 1. The van der Waals surface area contributed by atoms with Gasteiger partial charge >= 0.3 is 0 Å². The average molecular weight is 337 g/mol. The number of aliphatic hydroxyl groups is 1. The summed E-state index contributed by atoms with van der Waals surface area (Å²) in [6.45, 7) is 2.36. The second kappa shape index (κ2) is 8.95. The van der Waals surface area contributed by atoms with Crippen LogP contribution in [-0.2, 0) is 16.1 Å². The summed E-state index contributed by atoms with van der Waals surface area (Å²) in [5.74, 6) is 0.489. The number of carbonyl (C=O) groups is 1. The molecule has 0 bridgehead atoms. The molecule has 0 aliphatic carbocycles. The summed E-state index contributed by atoms with van der Waals surface area (Å²) in [7, 11) is 0. The Morgan fingerprint density at radius 3 is 2.77 bits per heavy atom. The number of rotatable bonds is 8. The van der Waals surface area contributed by atoms with Crippen LogP contribution >= 0.6 is 23.1 Å². The molecule has 2 rings (SSSR count). The first kappa shape index (κ1) is 17.0. The third-order valence-electron chi connectivity index (χ3n) is 2.75. The molecule has 1 aromatic carbocycles. The lowest BCUT2D eigenvalue weighted by Crippen LogP contribution is -2.17. The van der Waals surface area contributed by atoms with Gasteiger partial charge in [-0.25, -0.2) is 0 Å². The van der Waals surface area contributed by atoms with Crippen molar-refractivity contribution in [3.05, 3.63) is 46.7 Å². The van der Waals surface area contributed by atoms with Crippen LogP contribution in [0.3, 0.4) is 0 Å². The Balaban J connectivity index is 1.67. The fraction of sp³-hybridized carbons (Fsp3) is 0.312. The lowest BCUT2D eigenvalue weighted by molar-refractivity contribution is -0.114. The third kappa shape index (κ3) is 6.19. The molecule has 0 radical (unpaired) electrons. The van der Waals surface area contributed by atoms with Gasteiger partial charge in [0.25, 0.3) is 0 Å². The zero-order chi connectivity index (χ0) is 15.8. The highest BCUT2D eigenvalue weighted by Gasteiger charge is 2.06. The number of thiophene rings is 1. The Morgan fingerprint density at radius 2 is 2.14 bits per heavy atom. The van der Waals surface area contributed by atoms with Crippen molar-refractivity contribution in [3.63, 3.8) is 0 Å². The molecule has 118 valence electrons. The van der Waals surface area contributed by atoms with Crippen molar-refractivity contribution in [2.75, 3.05) is 17.7 Å². The topological polar surface area (TPSA) is 58.6 Å². The maximum Gasteiger partial charge on any atom is 0.221 e. The van der Waals surface area contributed by atoms with Crippen molar-refractivity contribution in [2.24, 2.45) is 0 Å². The molecule has 6 heteroatoms. The molecule has 0 aliphatic heterocycles. The fourth-order valence-corrected chi connectivity index (χ4v) is 3.22. The molecule has 22 heavy (non-hydrogen) atoms. The van der Waals surface area contributed by atoms with E-state index >= 15 is 0 Å². The Hall–Kier alpha value is -1.34. The molecule has 2 aromatic rings. The molecule has 0 aliphatic rings. The second-order valence-electron chi connectivity index (χ2n) is 4.76. The number of benzene rings is 1. The van der Waals surface area contributed by atoms with Crippen LogP contribution in [0.25, 0.3) is 0 Å². The molecule has 0 fully saturated rings. The summed E-state index contributed by atoms with van der Waals surface area (Å²) in [4.78, 5) is 13.1. The lowest BCUT2D eigenvalue weighted by Gasteiger charge is -2.11. The highest BCUT2D eigenvalue weighted by molar-refractivity contribution is 7.99. The van der Waals surface area contributed by atoms with Gasteiger partial charge in [0.05, 0.1) is 19.3 Å². The minimum Gasteiger partial charge on any atom is -0.390 e. The van der Waals surface area contributed by atoms with Crippen LogP contribution in [0.15, 0.2) is 46.7 Å². The predicted octanol–water partition coefficient (Wildman–Crippen LogP) is 3.38. The average Bonchev–Trinajstić information content (AvgIpc) is 2.99. The highest BCUT2D eigenvalue weighted by atomic mass is 32.2. The Morgan fingerprint density at radius 1 is 1.36 bits per heavy atom. The Kier molecular flexibility index (Phi) is 6.92. The number of hydrogen-bond donors (Lipinski definition) is 2. The first-order valence-corrected chi connectivity index (χ1v) is 8.78. The summed E-state index contributed by atoms with van der Waals surface area (Å²) >= 11 is 3.21. The van der Waals surface area contributed by atoms with E-state index < -0.39 is 6.10 Å². The van der Waals surface area contributed by atoms with Gasteiger partial charge in [-0.2, -0.15) is 0 Å². The van der Waals surface area contributed by atoms with Crippen molar-refractivity contribution in [3.8, 4) is 0 Å². The second-order valence-corrected chi connectivity index (χ2v) is 6.89. The lowest BCUT2D eigenvalue weighted by atomic mass is 10.3. The first-order valence-electron chi connectivity index (χ1n) is 6.92. The molecular formula is C16H19NO3S2. The Labute approximate surface area is 138 Å². The summed E-state index contributed by atoms with van der Waals surface area (Å²) in [5.41, 5.74) is 0.775. The number of aliphatic hydroxyl groups excluding tert-OH is 1. The van der Waals surface area contributed by atoms with Gasteiger partial charge in [-0.05, 0) is 35.7 Å². The molecule has 0 unspecified atom stereocenters. The number of ether oxygens (including phenoxy) is 1.